The molecule has 98 valence electrons. The molecule has 0 fully saturated rings. The molecule has 0 radical (unpaired) electrons. The van der Waals surface area contributed by atoms with Gasteiger partial charge in [-0.1, -0.05) is 31.9 Å². The molecule has 19 heavy (non-hydrogen) atoms. The molecule has 2 aromatic rings. The maximum atomic E-state index is 11.6. The Kier molecular flexibility index (Phi) is 4.42. The summed E-state index contributed by atoms with van der Waals surface area (Å²) < 4.78 is 7.69. The predicted octanol–water partition coefficient (Wildman–Crippen LogP) is 5.51. The fourth-order valence-electron chi connectivity index (χ4n) is 1.67. The second kappa shape index (κ2) is 5.88. The summed E-state index contributed by atoms with van der Waals surface area (Å²) in [7, 11) is 0. The van der Waals surface area contributed by atoms with Crippen molar-refractivity contribution in [1.29, 1.82) is 0 Å². The van der Waals surface area contributed by atoms with E-state index < -0.39 is 0 Å². The van der Waals surface area contributed by atoms with E-state index in [-0.39, 0.29) is 5.78 Å². The first-order valence-corrected chi connectivity index (χ1v) is 7.30. The molecule has 0 amide bonds. The van der Waals surface area contributed by atoms with E-state index in [4.69, 9.17) is 4.74 Å². The van der Waals surface area contributed by atoms with E-state index in [0.29, 0.717) is 17.1 Å². The Hall–Kier alpha value is -1.13. The van der Waals surface area contributed by atoms with Crippen LogP contribution in [0.4, 0.5) is 0 Å². The standard InChI is InChI=1S/C15H12Br2O2/c1-9-7-12(4-5-14(9)17)19-15-6-3-11(16)8-13(15)10(2)18/h3-8H,1-2H3. The van der Waals surface area contributed by atoms with Crippen LogP contribution in [0.3, 0.4) is 0 Å². The Bertz CT molecular complexity index is 636. The first-order chi connectivity index (χ1) is 8.97. The minimum Gasteiger partial charge on any atom is -0.457 e. The highest BCUT2D eigenvalue weighted by molar-refractivity contribution is 9.10. The molecule has 0 spiro atoms. The Balaban J connectivity index is 2.37. The monoisotopic (exact) mass is 382 g/mol. The molecule has 0 unspecified atom stereocenters. The van der Waals surface area contributed by atoms with Gasteiger partial charge in [0.1, 0.15) is 11.5 Å². The van der Waals surface area contributed by atoms with Crippen molar-refractivity contribution in [2.45, 2.75) is 13.8 Å². The number of hydrogen-bond acceptors (Lipinski definition) is 2. The summed E-state index contributed by atoms with van der Waals surface area (Å²) in [5.41, 5.74) is 1.65. The van der Waals surface area contributed by atoms with Gasteiger partial charge in [0, 0.05) is 8.95 Å². The molecule has 0 aromatic heterocycles. The van der Waals surface area contributed by atoms with Crippen LogP contribution in [0.25, 0.3) is 0 Å². The van der Waals surface area contributed by atoms with Crippen LogP contribution in [0.1, 0.15) is 22.8 Å². The number of halogens is 2. The third-order valence-corrected chi connectivity index (χ3v) is 4.06. The van der Waals surface area contributed by atoms with Gasteiger partial charge in [-0.05, 0) is 55.8 Å². The molecule has 0 saturated heterocycles. The zero-order valence-corrected chi connectivity index (χ0v) is 13.7. The maximum absolute atomic E-state index is 11.6. The van der Waals surface area contributed by atoms with Crippen LogP contribution in [0.15, 0.2) is 45.3 Å². The molecule has 0 bridgehead atoms. The molecule has 2 aromatic carbocycles. The van der Waals surface area contributed by atoms with Crippen molar-refractivity contribution in [2.75, 3.05) is 0 Å². The van der Waals surface area contributed by atoms with Crippen molar-refractivity contribution >= 4 is 37.6 Å². The summed E-state index contributed by atoms with van der Waals surface area (Å²) in [5, 5.41) is 0. The van der Waals surface area contributed by atoms with Crippen LogP contribution in [0.5, 0.6) is 11.5 Å². The molecular weight excluding hydrogens is 372 g/mol. The Morgan fingerprint density at radius 1 is 1.11 bits per heavy atom. The highest BCUT2D eigenvalue weighted by Crippen LogP contribution is 2.30. The number of aryl methyl sites for hydroxylation is 1. The number of carbonyl (C=O) groups excluding carboxylic acids is 1. The second-order valence-electron chi connectivity index (χ2n) is 4.21. The molecule has 0 heterocycles. The summed E-state index contributed by atoms with van der Waals surface area (Å²) >= 11 is 6.80. The van der Waals surface area contributed by atoms with Gasteiger partial charge < -0.3 is 4.74 Å². The van der Waals surface area contributed by atoms with Gasteiger partial charge in [-0.2, -0.15) is 0 Å². The van der Waals surface area contributed by atoms with Gasteiger partial charge >= 0.3 is 0 Å². The van der Waals surface area contributed by atoms with Crippen LogP contribution in [-0.4, -0.2) is 5.78 Å². The quantitative estimate of drug-likeness (QED) is 0.652. The number of ether oxygens (including phenoxy) is 1. The third kappa shape index (κ3) is 3.45. The Labute approximate surface area is 129 Å². The van der Waals surface area contributed by atoms with Crippen LogP contribution >= 0.6 is 31.9 Å². The van der Waals surface area contributed by atoms with E-state index in [0.717, 1.165) is 14.5 Å². The predicted molar refractivity (Wildman–Crippen MR) is 83.1 cm³/mol. The fourth-order valence-corrected chi connectivity index (χ4v) is 2.28. The molecular formula is C15H12Br2O2. The molecule has 0 aliphatic carbocycles. The minimum absolute atomic E-state index is 0.0230. The summed E-state index contributed by atoms with van der Waals surface area (Å²) in [6.07, 6.45) is 0. The fraction of sp³-hybridized carbons (Fsp3) is 0.133. The van der Waals surface area contributed by atoms with E-state index in [1.165, 1.54) is 6.92 Å². The van der Waals surface area contributed by atoms with Crippen molar-refractivity contribution < 1.29 is 9.53 Å². The zero-order valence-electron chi connectivity index (χ0n) is 10.5. The van der Waals surface area contributed by atoms with Gasteiger partial charge in [0.25, 0.3) is 0 Å². The molecule has 0 atom stereocenters. The maximum Gasteiger partial charge on any atom is 0.163 e. The normalized spacial score (nSPS) is 10.3. The van der Waals surface area contributed by atoms with Gasteiger partial charge in [-0.25, -0.2) is 0 Å². The second-order valence-corrected chi connectivity index (χ2v) is 5.98. The zero-order chi connectivity index (χ0) is 14.0. The highest BCUT2D eigenvalue weighted by Gasteiger charge is 2.10. The van der Waals surface area contributed by atoms with Gasteiger partial charge in [0.05, 0.1) is 5.56 Å². The van der Waals surface area contributed by atoms with Gasteiger partial charge in [0.15, 0.2) is 5.78 Å². The molecule has 2 nitrogen and oxygen atoms in total. The SMILES string of the molecule is CC(=O)c1cc(Br)ccc1Oc1ccc(Br)c(C)c1. The number of Topliss-reactive ketones (excluding diaryl/α,β-unsaturated/α-hetero) is 1. The number of ketones is 1. The summed E-state index contributed by atoms with van der Waals surface area (Å²) in [6.45, 7) is 3.52. The lowest BCUT2D eigenvalue weighted by atomic mass is 10.1. The Morgan fingerprint density at radius 3 is 2.47 bits per heavy atom. The smallest absolute Gasteiger partial charge is 0.163 e. The minimum atomic E-state index is -0.0230. The molecule has 0 saturated carbocycles. The first kappa shape index (κ1) is 14.3. The first-order valence-electron chi connectivity index (χ1n) is 5.72. The van der Waals surface area contributed by atoms with Crippen LogP contribution in [0, 0.1) is 6.92 Å². The molecule has 2 rings (SSSR count). The van der Waals surface area contributed by atoms with E-state index in [9.17, 15) is 4.79 Å². The van der Waals surface area contributed by atoms with Gasteiger partial charge in [-0.3, -0.25) is 4.79 Å². The van der Waals surface area contributed by atoms with Gasteiger partial charge in [-0.15, -0.1) is 0 Å². The summed E-state index contributed by atoms with van der Waals surface area (Å²) in [6, 6.07) is 11.1. The van der Waals surface area contributed by atoms with Crippen molar-refractivity contribution in [3.05, 3.63) is 56.5 Å². The van der Waals surface area contributed by atoms with E-state index in [1.54, 1.807) is 12.1 Å². The molecule has 0 aliphatic heterocycles. The molecule has 4 heteroatoms. The number of hydrogen-bond donors (Lipinski definition) is 0. The number of benzene rings is 2. The summed E-state index contributed by atoms with van der Waals surface area (Å²) in [4.78, 5) is 11.6. The van der Waals surface area contributed by atoms with Crippen molar-refractivity contribution in [2.24, 2.45) is 0 Å². The van der Waals surface area contributed by atoms with E-state index in [1.807, 2.05) is 31.2 Å². The van der Waals surface area contributed by atoms with E-state index in [2.05, 4.69) is 31.9 Å². The lowest BCUT2D eigenvalue weighted by Gasteiger charge is -2.11. The lowest BCUT2D eigenvalue weighted by molar-refractivity contribution is 0.101. The van der Waals surface area contributed by atoms with Crippen LogP contribution in [-0.2, 0) is 0 Å². The van der Waals surface area contributed by atoms with Crippen LogP contribution < -0.4 is 4.74 Å². The molecule has 0 N–H and O–H groups in total. The third-order valence-electron chi connectivity index (χ3n) is 2.68. The van der Waals surface area contributed by atoms with Crippen molar-refractivity contribution in [3.8, 4) is 11.5 Å². The van der Waals surface area contributed by atoms with Crippen LogP contribution in [0.2, 0.25) is 0 Å². The molecule has 0 aliphatic rings. The highest BCUT2D eigenvalue weighted by atomic mass is 79.9. The number of carbonyl (C=O) groups is 1. The van der Waals surface area contributed by atoms with Gasteiger partial charge in [0.2, 0.25) is 0 Å². The van der Waals surface area contributed by atoms with Crippen molar-refractivity contribution in [1.82, 2.24) is 0 Å². The Morgan fingerprint density at radius 2 is 1.84 bits per heavy atom. The average molecular weight is 384 g/mol. The number of rotatable bonds is 3. The summed E-state index contributed by atoms with van der Waals surface area (Å²) in [5.74, 6) is 1.26. The van der Waals surface area contributed by atoms with E-state index >= 15 is 0 Å². The topological polar surface area (TPSA) is 26.3 Å². The lowest BCUT2D eigenvalue weighted by Crippen LogP contribution is -1.97. The van der Waals surface area contributed by atoms with Crippen molar-refractivity contribution in [3.63, 3.8) is 0 Å². The largest absolute Gasteiger partial charge is 0.457 e. The average Bonchev–Trinajstić information content (AvgIpc) is 2.36.